The van der Waals surface area contributed by atoms with Crippen molar-refractivity contribution in [3.8, 4) is 0 Å². The molecule has 0 fully saturated rings. The molecule has 1 N–H and O–H groups in total. The maximum absolute atomic E-state index is 11.5. The van der Waals surface area contributed by atoms with Crippen molar-refractivity contribution in [1.82, 2.24) is 10.4 Å². The Morgan fingerprint density at radius 1 is 1.41 bits per heavy atom. The van der Waals surface area contributed by atoms with Gasteiger partial charge >= 0.3 is 5.97 Å². The van der Waals surface area contributed by atoms with Gasteiger partial charge in [-0.05, 0) is 26.0 Å². The minimum absolute atomic E-state index is 0.0919. The molecule has 0 bridgehead atoms. The number of hydrogen-bond donors (Lipinski definition) is 1. The van der Waals surface area contributed by atoms with E-state index in [2.05, 4.69) is 15.5 Å². The van der Waals surface area contributed by atoms with Crippen LogP contribution in [0.3, 0.4) is 0 Å². The molecule has 0 aliphatic carbocycles. The topological polar surface area (TPSA) is 80.6 Å². The second kappa shape index (κ2) is 6.37. The molecule has 1 heterocycles. The standard InChI is InChI=1S/C11H13N3O3/c1-3-17-11(16)8(2)13-14-10(15)9-4-6-12-7-5-9/h4-7H,3H2,1-2H3,(H,14,15). The highest BCUT2D eigenvalue weighted by Gasteiger charge is 2.08. The molecule has 0 radical (unpaired) electrons. The Kier molecular flexibility index (Phi) is 4.80. The lowest BCUT2D eigenvalue weighted by atomic mass is 10.3. The first-order valence-corrected chi connectivity index (χ1v) is 5.07. The van der Waals surface area contributed by atoms with Gasteiger partial charge in [0.25, 0.3) is 5.91 Å². The van der Waals surface area contributed by atoms with E-state index in [-0.39, 0.29) is 12.3 Å². The van der Waals surface area contributed by atoms with Crippen LogP contribution in [-0.2, 0) is 9.53 Å². The largest absolute Gasteiger partial charge is 0.461 e. The van der Waals surface area contributed by atoms with Gasteiger partial charge in [-0.25, -0.2) is 10.2 Å². The number of carbonyl (C=O) groups is 2. The molecule has 17 heavy (non-hydrogen) atoms. The maximum Gasteiger partial charge on any atom is 0.354 e. The molecular weight excluding hydrogens is 222 g/mol. The molecule has 1 amide bonds. The molecule has 0 saturated carbocycles. The Morgan fingerprint density at radius 3 is 2.65 bits per heavy atom. The van der Waals surface area contributed by atoms with E-state index in [4.69, 9.17) is 4.74 Å². The molecule has 6 heteroatoms. The number of ether oxygens (including phenoxy) is 1. The number of pyridine rings is 1. The van der Waals surface area contributed by atoms with Gasteiger partial charge < -0.3 is 4.74 Å². The van der Waals surface area contributed by atoms with Crippen molar-refractivity contribution in [2.75, 3.05) is 6.61 Å². The van der Waals surface area contributed by atoms with Crippen molar-refractivity contribution in [3.05, 3.63) is 30.1 Å². The number of nitrogens with zero attached hydrogens (tertiary/aromatic N) is 2. The molecule has 1 aromatic rings. The highest BCUT2D eigenvalue weighted by atomic mass is 16.5. The van der Waals surface area contributed by atoms with Crippen molar-refractivity contribution in [1.29, 1.82) is 0 Å². The third-order valence-corrected chi connectivity index (χ3v) is 1.84. The van der Waals surface area contributed by atoms with Crippen LogP contribution in [0.4, 0.5) is 0 Å². The van der Waals surface area contributed by atoms with Crippen LogP contribution in [0.5, 0.6) is 0 Å². The van der Waals surface area contributed by atoms with E-state index in [0.29, 0.717) is 5.56 Å². The predicted octanol–water partition coefficient (Wildman–Crippen LogP) is 0.750. The number of hydrazone groups is 1. The first-order chi connectivity index (χ1) is 8.15. The van der Waals surface area contributed by atoms with Crippen LogP contribution in [-0.4, -0.2) is 29.2 Å². The molecule has 6 nitrogen and oxygen atoms in total. The molecule has 1 aromatic heterocycles. The van der Waals surface area contributed by atoms with Gasteiger partial charge in [0.2, 0.25) is 0 Å². The van der Waals surface area contributed by atoms with Crippen LogP contribution in [0, 0.1) is 0 Å². The molecule has 90 valence electrons. The fourth-order valence-electron chi connectivity index (χ4n) is 0.984. The highest BCUT2D eigenvalue weighted by Crippen LogP contribution is 1.95. The number of nitrogens with one attached hydrogen (secondary N) is 1. The Hall–Kier alpha value is -2.24. The Morgan fingerprint density at radius 2 is 2.06 bits per heavy atom. The van der Waals surface area contributed by atoms with E-state index >= 15 is 0 Å². The van der Waals surface area contributed by atoms with E-state index in [1.54, 1.807) is 19.1 Å². The zero-order chi connectivity index (χ0) is 12.7. The van der Waals surface area contributed by atoms with Crippen molar-refractivity contribution in [2.24, 2.45) is 5.10 Å². The zero-order valence-corrected chi connectivity index (χ0v) is 9.64. The summed E-state index contributed by atoms with van der Waals surface area (Å²) >= 11 is 0. The lowest BCUT2D eigenvalue weighted by Crippen LogP contribution is -2.23. The fourth-order valence-corrected chi connectivity index (χ4v) is 0.984. The van der Waals surface area contributed by atoms with Crippen molar-refractivity contribution >= 4 is 17.6 Å². The van der Waals surface area contributed by atoms with E-state index in [9.17, 15) is 9.59 Å². The van der Waals surface area contributed by atoms with Crippen molar-refractivity contribution in [2.45, 2.75) is 13.8 Å². The third kappa shape index (κ3) is 4.02. The van der Waals surface area contributed by atoms with Crippen molar-refractivity contribution in [3.63, 3.8) is 0 Å². The highest BCUT2D eigenvalue weighted by molar-refractivity contribution is 6.35. The minimum Gasteiger partial charge on any atom is -0.461 e. The van der Waals surface area contributed by atoms with Gasteiger partial charge in [0.15, 0.2) is 0 Å². The summed E-state index contributed by atoms with van der Waals surface area (Å²) in [5.74, 6) is -0.960. The summed E-state index contributed by atoms with van der Waals surface area (Å²) in [4.78, 5) is 26.5. The number of amides is 1. The minimum atomic E-state index is -0.553. The molecule has 0 spiro atoms. The van der Waals surface area contributed by atoms with Gasteiger partial charge in [-0.15, -0.1) is 0 Å². The normalized spacial score (nSPS) is 10.8. The number of aromatic nitrogens is 1. The van der Waals surface area contributed by atoms with E-state index in [1.165, 1.54) is 19.3 Å². The number of carbonyl (C=O) groups excluding carboxylic acids is 2. The average molecular weight is 235 g/mol. The van der Waals surface area contributed by atoms with Gasteiger partial charge in [0, 0.05) is 18.0 Å². The Labute approximate surface area is 98.7 Å². The molecule has 0 aliphatic heterocycles. The molecule has 0 atom stereocenters. The van der Waals surface area contributed by atoms with Gasteiger partial charge in [0.1, 0.15) is 5.71 Å². The molecular formula is C11H13N3O3. The predicted molar refractivity (Wildman–Crippen MR) is 61.4 cm³/mol. The molecule has 0 saturated heterocycles. The number of hydrogen-bond acceptors (Lipinski definition) is 5. The molecule has 0 aliphatic rings. The van der Waals surface area contributed by atoms with Gasteiger partial charge in [-0.3, -0.25) is 9.78 Å². The quantitative estimate of drug-likeness (QED) is 0.474. The van der Waals surface area contributed by atoms with Crippen LogP contribution < -0.4 is 5.43 Å². The summed E-state index contributed by atoms with van der Waals surface area (Å²) in [5, 5.41) is 3.64. The third-order valence-electron chi connectivity index (χ3n) is 1.84. The maximum atomic E-state index is 11.5. The Bertz CT molecular complexity index is 429. The summed E-state index contributed by atoms with van der Waals surface area (Å²) in [5.41, 5.74) is 2.77. The number of rotatable bonds is 4. The van der Waals surface area contributed by atoms with Crippen LogP contribution in [0.25, 0.3) is 0 Å². The van der Waals surface area contributed by atoms with Gasteiger partial charge in [-0.1, -0.05) is 0 Å². The summed E-state index contributed by atoms with van der Waals surface area (Å²) in [6.45, 7) is 3.43. The summed E-state index contributed by atoms with van der Waals surface area (Å²) in [6, 6.07) is 3.09. The zero-order valence-electron chi connectivity index (χ0n) is 9.64. The summed E-state index contributed by atoms with van der Waals surface area (Å²) in [7, 11) is 0. The van der Waals surface area contributed by atoms with Crippen LogP contribution in [0.1, 0.15) is 24.2 Å². The van der Waals surface area contributed by atoms with E-state index in [1.807, 2.05) is 0 Å². The monoisotopic (exact) mass is 235 g/mol. The molecule has 0 aromatic carbocycles. The number of esters is 1. The van der Waals surface area contributed by atoms with Crippen LogP contribution in [0.15, 0.2) is 29.6 Å². The first-order valence-electron chi connectivity index (χ1n) is 5.07. The van der Waals surface area contributed by atoms with Crippen LogP contribution >= 0.6 is 0 Å². The summed E-state index contributed by atoms with van der Waals surface area (Å²) < 4.78 is 4.71. The fraction of sp³-hybridized carbons (Fsp3) is 0.273. The van der Waals surface area contributed by atoms with E-state index < -0.39 is 11.9 Å². The summed E-state index contributed by atoms with van der Waals surface area (Å²) in [6.07, 6.45) is 2.99. The smallest absolute Gasteiger partial charge is 0.354 e. The average Bonchev–Trinajstić information content (AvgIpc) is 2.36. The molecule has 0 unspecified atom stereocenters. The second-order valence-corrected chi connectivity index (χ2v) is 3.09. The lowest BCUT2D eigenvalue weighted by Gasteiger charge is -2.02. The van der Waals surface area contributed by atoms with Gasteiger partial charge in [0.05, 0.1) is 6.61 Å². The lowest BCUT2D eigenvalue weighted by molar-refractivity contribution is -0.135. The second-order valence-electron chi connectivity index (χ2n) is 3.09. The van der Waals surface area contributed by atoms with E-state index in [0.717, 1.165) is 0 Å². The van der Waals surface area contributed by atoms with Crippen LogP contribution in [0.2, 0.25) is 0 Å². The molecule has 1 rings (SSSR count). The van der Waals surface area contributed by atoms with Crippen molar-refractivity contribution < 1.29 is 14.3 Å². The first kappa shape index (κ1) is 12.8. The Balaban J connectivity index is 2.59. The van der Waals surface area contributed by atoms with Gasteiger partial charge in [-0.2, -0.15) is 5.10 Å². The SMILES string of the molecule is CCOC(=O)C(C)=NNC(=O)c1ccncc1.